The van der Waals surface area contributed by atoms with Crippen LogP contribution >= 0.6 is 15.6 Å². The number of esters is 4. The van der Waals surface area contributed by atoms with Crippen LogP contribution in [0.4, 0.5) is 0 Å². The molecule has 0 aliphatic carbocycles. The molecule has 19 heteroatoms. The Bertz CT molecular complexity index is 1650. The van der Waals surface area contributed by atoms with E-state index in [0.29, 0.717) is 37.5 Å². The Morgan fingerprint density at radius 1 is 0.341 bits per heavy atom. The first-order valence-corrected chi connectivity index (χ1v) is 35.7. The number of aliphatic hydroxyl groups excluding tert-OH is 1. The number of carbonyl (C=O) groups is 4. The van der Waals surface area contributed by atoms with Gasteiger partial charge in [-0.15, -0.1) is 0 Å². The van der Waals surface area contributed by atoms with Crippen LogP contribution in [0.15, 0.2) is 0 Å². The zero-order valence-electron chi connectivity index (χ0n) is 53.1. The van der Waals surface area contributed by atoms with Gasteiger partial charge in [0.2, 0.25) is 0 Å². The number of ether oxygens (including phenoxy) is 4. The van der Waals surface area contributed by atoms with E-state index in [1.165, 1.54) is 96.3 Å². The first-order chi connectivity index (χ1) is 39.1. The number of rotatable bonds is 60. The number of phosphoric acid groups is 2. The molecule has 0 saturated heterocycles. The molecule has 0 fully saturated rings. The fraction of sp³-hybridized carbons (Fsp3) is 0.937. The standard InChI is InChI=1S/C63H122O17P2/c1-9-56(8)42-34-26-17-11-13-19-29-37-45-62(67)79-58(49-73-60(65)43-35-27-18-12-10-15-23-31-39-53(2)3)51-77-81(69,70)75-47-57(64)48-76-82(71,72)78-52-59(50-74-61(66)44-36-28-22-21-25-33-41-55(6)7)80-63(68)46-38-30-20-14-16-24-32-40-54(4)5/h53-59,64H,9-52H2,1-8H3,(H,69,70)(H,71,72)/t56?,57?,58-,59-/m1/s1. The lowest BCUT2D eigenvalue weighted by Gasteiger charge is -2.21. The number of hydrogen-bond acceptors (Lipinski definition) is 15. The number of unbranched alkanes of at least 4 members (excludes halogenated alkanes) is 25. The van der Waals surface area contributed by atoms with E-state index in [2.05, 4.69) is 55.4 Å². The lowest BCUT2D eigenvalue weighted by Crippen LogP contribution is -2.30. The van der Waals surface area contributed by atoms with Gasteiger partial charge in [0, 0.05) is 25.7 Å². The summed E-state index contributed by atoms with van der Waals surface area (Å²) in [6, 6.07) is 0. The van der Waals surface area contributed by atoms with E-state index in [9.17, 15) is 43.2 Å². The average Bonchev–Trinajstić information content (AvgIpc) is 3.43. The van der Waals surface area contributed by atoms with Crippen molar-refractivity contribution in [2.45, 2.75) is 318 Å². The maximum atomic E-state index is 13.0. The quantitative estimate of drug-likeness (QED) is 0.0222. The molecule has 0 aliphatic rings. The lowest BCUT2D eigenvalue weighted by atomic mass is 9.99. The minimum absolute atomic E-state index is 0.102. The van der Waals surface area contributed by atoms with Gasteiger partial charge in [-0.25, -0.2) is 9.13 Å². The SMILES string of the molecule is CCC(C)CCCCCCCCCCC(=O)O[C@H](COC(=O)CCCCCCCCCCC(C)C)COP(=O)(O)OCC(O)COP(=O)(O)OC[C@@H](COC(=O)CCCCCCCCC(C)C)OC(=O)CCCCCCCCCC(C)C. The summed E-state index contributed by atoms with van der Waals surface area (Å²) in [7, 11) is -9.89. The highest BCUT2D eigenvalue weighted by molar-refractivity contribution is 7.47. The van der Waals surface area contributed by atoms with Crippen LogP contribution in [0.2, 0.25) is 0 Å². The molecular weight excluding hydrogens is 1090 g/mol. The zero-order chi connectivity index (χ0) is 61.1. The van der Waals surface area contributed by atoms with Crippen LogP contribution < -0.4 is 0 Å². The lowest BCUT2D eigenvalue weighted by molar-refractivity contribution is -0.161. The second-order valence-electron chi connectivity index (χ2n) is 24.5. The monoisotopic (exact) mass is 1210 g/mol. The van der Waals surface area contributed by atoms with Crippen LogP contribution in [0.1, 0.15) is 299 Å². The topological polar surface area (TPSA) is 237 Å². The van der Waals surface area contributed by atoms with Crippen LogP contribution in [-0.2, 0) is 65.4 Å². The van der Waals surface area contributed by atoms with Gasteiger partial charge >= 0.3 is 39.5 Å². The van der Waals surface area contributed by atoms with E-state index >= 15 is 0 Å². The Morgan fingerprint density at radius 2 is 0.585 bits per heavy atom. The van der Waals surface area contributed by atoms with E-state index in [0.717, 1.165) is 108 Å². The minimum Gasteiger partial charge on any atom is -0.462 e. The van der Waals surface area contributed by atoms with Crippen molar-refractivity contribution in [2.75, 3.05) is 39.6 Å². The molecule has 0 aromatic heterocycles. The summed E-state index contributed by atoms with van der Waals surface area (Å²) in [4.78, 5) is 72.1. The number of carbonyl (C=O) groups excluding carboxylic acids is 4. The number of aliphatic hydroxyl groups is 1. The van der Waals surface area contributed by atoms with Gasteiger partial charge in [-0.05, 0) is 49.4 Å². The highest BCUT2D eigenvalue weighted by atomic mass is 31.2. The molecule has 0 rings (SSSR count). The molecule has 0 aromatic rings. The predicted molar refractivity (Wildman–Crippen MR) is 326 cm³/mol. The molecule has 0 radical (unpaired) electrons. The molecule has 0 spiro atoms. The zero-order valence-corrected chi connectivity index (χ0v) is 54.9. The summed E-state index contributed by atoms with van der Waals surface area (Å²) in [5.74, 6) is 0.726. The summed E-state index contributed by atoms with van der Waals surface area (Å²) >= 11 is 0. The van der Waals surface area contributed by atoms with Gasteiger partial charge in [-0.1, -0.05) is 248 Å². The highest BCUT2D eigenvalue weighted by Gasteiger charge is 2.30. The van der Waals surface area contributed by atoms with Gasteiger partial charge < -0.3 is 33.8 Å². The summed E-state index contributed by atoms with van der Waals surface area (Å²) in [6.07, 6.45) is 32.3. The number of hydrogen-bond donors (Lipinski definition) is 3. The summed E-state index contributed by atoms with van der Waals surface area (Å²) < 4.78 is 67.9. The molecule has 0 saturated carbocycles. The van der Waals surface area contributed by atoms with Crippen molar-refractivity contribution in [3.05, 3.63) is 0 Å². The fourth-order valence-corrected chi connectivity index (χ4v) is 10.8. The second kappa shape index (κ2) is 53.3. The first-order valence-electron chi connectivity index (χ1n) is 32.7. The molecule has 82 heavy (non-hydrogen) atoms. The van der Waals surface area contributed by atoms with E-state index in [4.69, 9.17) is 37.0 Å². The van der Waals surface area contributed by atoms with Crippen molar-refractivity contribution in [2.24, 2.45) is 23.7 Å². The summed E-state index contributed by atoms with van der Waals surface area (Å²) in [5.41, 5.74) is 0. The van der Waals surface area contributed by atoms with Crippen LogP contribution in [-0.4, -0.2) is 96.7 Å². The van der Waals surface area contributed by atoms with E-state index in [1.807, 2.05) is 0 Å². The van der Waals surface area contributed by atoms with Gasteiger partial charge in [0.1, 0.15) is 19.3 Å². The Balaban J connectivity index is 5.26. The van der Waals surface area contributed by atoms with E-state index in [1.54, 1.807) is 0 Å². The van der Waals surface area contributed by atoms with E-state index < -0.39 is 97.5 Å². The Labute approximate surface area is 498 Å². The van der Waals surface area contributed by atoms with Gasteiger partial charge in [0.05, 0.1) is 26.4 Å². The van der Waals surface area contributed by atoms with Gasteiger partial charge in [-0.3, -0.25) is 37.3 Å². The van der Waals surface area contributed by atoms with Crippen molar-refractivity contribution in [1.29, 1.82) is 0 Å². The van der Waals surface area contributed by atoms with Gasteiger partial charge in [0.15, 0.2) is 12.2 Å². The molecule has 3 N–H and O–H groups in total. The molecule has 0 heterocycles. The third kappa shape index (κ3) is 55.9. The third-order valence-corrected chi connectivity index (χ3v) is 16.6. The maximum absolute atomic E-state index is 13.0. The highest BCUT2D eigenvalue weighted by Crippen LogP contribution is 2.45. The third-order valence-electron chi connectivity index (χ3n) is 14.7. The van der Waals surface area contributed by atoms with Crippen molar-refractivity contribution in [3.63, 3.8) is 0 Å². The van der Waals surface area contributed by atoms with Crippen molar-refractivity contribution >= 4 is 39.5 Å². The van der Waals surface area contributed by atoms with Crippen LogP contribution in [0.5, 0.6) is 0 Å². The Morgan fingerprint density at radius 3 is 0.866 bits per heavy atom. The van der Waals surface area contributed by atoms with Gasteiger partial charge in [0.25, 0.3) is 0 Å². The molecule has 0 aromatic carbocycles. The average molecular weight is 1210 g/mol. The van der Waals surface area contributed by atoms with Gasteiger partial charge in [-0.2, -0.15) is 0 Å². The van der Waals surface area contributed by atoms with E-state index in [-0.39, 0.29) is 25.7 Å². The van der Waals surface area contributed by atoms with Crippen LogP contribution in [0.3, 0.4) is 0 Å². The molecule has 486 valence electrons. The predicted octanol–water partition coefficient (Wildman–Crippen LogP) is 17.0. The molecule has 6 atom stereocenters. The van der Waals surface area contributed by atoms with Crippen molar-refractivity contribution in [3.8, 4) is 0 Å². The van der Waals surface area contributed by atoms with Crippen molar-refractivity contribution < 1.29 is 80.2 Å². The van der Waals surface area contributed by atoms with Crippen LogP contribution in [0, 0.1) is 23.7 Å². The van der Waals surface area contributed by atoms with Crippen molar-refractivity contribution in [1.82, 2.24) is 0 Å². The smallest absolute Gasteiger partial charge is 0.462 e. The Hall–Kier alpha value is -1.94. The first kappa shape index (κ1) is 80.1. The molecule has 17 nitrogen and oxygen atoms in total. The molecule has 0 bridgehead atoms. The number of phosphoric ester groups is 2. The molecule has 4 unspecified atom stereocenters. The molecular formula is C63H122O17P2. The fourth-order valence-electron chi connectivity index (χ4n) is 9.22. The second-order valence-corrected chi connectivity index (χ2v) is 27.4. The normalized spacial score (nSPS) is 14.8. The minimum atomic E-state index is -4.94. The van der Waals surface area contributed by atoms with Crippen LogP contribution in [0.25, 0.3) is 0 Å². The maximum Gasteiger partial charge on any atom is 0.472 e. The molecule has 0 aliphatic heterocycles. The summed E-state index contributed by atoms with van der Waals surface area (Å²) in [5, 5.41) is 10.5. The largest absolute Gasteiger partial charge is 0.472 e. The Kier molecular flexibility index (Phi) is 52.0. The molecule has 0 amide bonds. The summed E-state index contributed by atoms with van der Waals surface area (Å²) in [6.45, 7) is 13.9.